The molecule has 2 rings (SSSR count). The van der Waals surface area contributed by atoms with Gasteiger partial charge in [0.05, 0.1) is 22.7 Å². The summed E-state index contributed by atoms with van der Waals surface area (Å²) >= 11 is 5.88. The number of aliphatic hydroxyl groups excluding tert-OH is 1. The predicted molar refractivity (Wildman–Crippen MR) is 77.0 cm³/mol. The molecule has 0 amide bonds. The Kier molecular flexibility index (Phi) is 4.57. The number of hydrogen-bond acceptors (Lipinski definition) is 4. The summed E-state index contributed by atoms with van der Waals surface area (Å²) in [7, 11) is -4.01. The van der Waals surface area contributed by atoms with E-state index in [4.69, 9.17) is 16.7 Å². The largest absolute Gasteiger partial charge is 0.478 e. The molecule has 0 heterocycles. The number of carboxylic acids is 1. The van der Waals surface area contributed by atoms with Gasteiger partial charge in [-0.15, -0.1) is 0 Å². The van der Waals surface area contributed by atoms with Crippen LogP contribution in [0.2, 0.25) is 5.02 Å². The number of aliphatic hydroxyl groups is 1. The molecule has 1 aliphatic rings. The summed E-state index contributed by atoms with van der Waals surface area (Å²) in [6.07, 6.45) is 2.73. The molecule has 21 heavy (non-hydrogen) atoms. The quantitative estimate of drug-likeness (QED) is 0.759. The molecule has 3 N–H and O–H groups in total. The predicted octanol–water partition coefficient (Wildman–Crippen LogP) is 1.62. The summed E-state index contributed by atoms with van der Waals surface area (Å²) in [6.45, 7) is -0.303. The lowest BCUT2D eigenvalue weighted by atomic mass is 10.0. The number of hydrogen-bond donors (Lipinski definition) is 3. The van der Waals surface area contributed by atoms with Crippen molar-refractivity contribution in [1.82, 2.24) is 4.72 Å². The van der Waals surface area contributed by atoms with Crippen molar-refractivity contribution in [3.8, 4) is 0 Å². The normalized spacial score (nSPS) is 17.8. The second-order valence-corrected chi connectivity index (χ2v) is 7.26. The number of rotatable bonds is 5. The fourth-order valence-electron chi connectivity index (χ4n) is 2.53. The molecular formula is C13H16ClNO5S. The third-order valence-corrected chi connectivity index (χ3v) is 5.74. The number of aromatic carboxylic acids is 1. The third-order valence-electron chi connectivity index (χ3n) is 3.68. The van der Waals surface area contributed by atoms with Gasteiger partial charge in [-0.2, -0.15) is 0 Å². The first-order valence-corrected chi connectivity index (χ1v) is 8.33. The smallest absolute Gasteiger partial charge is 0.335 e. The van der Waals surface area contributed by atoms with Crippen molar-refractivity contribution >= 4 is 27.6 Å². The Bertz CT molecular complexity index is 653. The van der Waals surface area contributed by atoms with Gasteiger partial charge in [-0.25, -0.2) is 17.9 Å². The second-order valence-electron chi connectivity index (χ2n) is 5.20. The molecule has 1 aliphatic carbocycles. The molecule has 0 unspecified atom stereocenters. The standard InChI is InChI=1S/C13H16ClNO5S/c14-10-4-3-9(12(17)18)7-11(10)21(19,20)15-13(8-16)5-1-2-6-13/h3-4,7,15-16H,1-2,5-6,8H2,(H,17,18). The second kappa shape index (κ2) is 5.92. The van der Waals surface area contributed by atoms with Gasteiger partial charge in [-0.05, 0) is 31.0 Å². The summed E-state index contributed by atoms with van der Waals surface area (Å²) in [5.74, 6) is -1.24. The van der Waals surface area contributed by atoms with E-state index in [1.165, 1.54) is 12.1 Å². The van der Waals surface area contributed by atoms with Crippen molar-refractivity contribution in [1.29, 1.82) is 0 Å². The van der Waals surface area contributed by atoms with Crippen LogP contribution >= 0.6 is 11.6 Å². The van der Waals surface area contributed by atoms with E-state index in [1.807, 2.05) is 0 Å². The summed E-state index contributed by atoms with van der Waals surface area (Å²) in [6, 6.07) is 3.49. The average Bonchev–Trinajstić information content (AvgIpc) is 2.87. The van der Waals surface area contributed by atoms with Gasteiger partial charge < -0.3 is 10.2 Å². The highest BCUT2D eigenvalue weighted by Crippen LogP contribution is 2.32. The maximum absolute atomic E-state index is 12.4. The number of carboxylic acid groups (broad SMARTS) is 1. The first kappa shape index (κ1) is 16.2. The van der Waals surface area contributed by atoms with E-state index >= 15 is 0 Å². The van der Waals surface area contributed by atoms with Crippen molar-refractivity contribution in [2.45, 2.75) is 36.1 Å². The van der Waals surface area contributed by atoms with Crippen LogP contribution < -0.4 is 4.72 Å². The van der Waals surface area contributed by atoms with Crippen LogP contribution in [0.15, 0.2) is 23.1 Å². The fraction of sp³-hybridized carbons (Fsp3) is 0.462. The van der Waals surface area contributed by atoms with Gasteiger partial charge in [0.15, 0.2) is 0 Å². The molecule has 8 heteroatoms. The van der Waals surface area contributed by atoms with Crippen molar-refractivity contribution in [3.63, 3.8) is 0 Å². The molecule has 0 aliphatic heterocycles. The van der Waals surface area contributed by atoms with Gasteiger partial charge in [0.25, 0.3) is 0 Å². The number of sulfonamides is 1. The minimum Gasteiger partial charge on any atom is -0.478 e. The van der Waals surface area contributed by atoms with Gasteiger partial charge >= 0.3 is 5.97 Å². The molecule has 1 saturated carbocycles. The van der Waals surface area contributed by atoms with Crippen molar-refractivity contribution in [3.05, 3.63) is 28.8 Å². The molecule has 0 aromatic heterocycles. The number of carbonyl (C=O) groups is 1. The van der Waals surface area contributed by atoms with Crippen LogP contribution in [0.1, 0.15) is 36.0 Å². The van der Waals surface area contributed by atoms with Crippen LogP contribution in [-0.2, 0) is 10.0 Å². The van der Waals surface area contributed by atoms with E-state index in [0.717, 1.165) is 18.9 Å². The number of benzene rings is 1. The van der Waals surface area contributed by atoms with Crippen molar-refractivity contribution in [2.75, 3.05) is 6.61 Å². The van der Waals surface area contributed by atoms with E-state index in [1.54, 1.807) is 0 Å². The minimum atomic E-state index is -4.01. The zero-order valence-corrected chi connectivity index (χ0v) is 12.7. The van der Waals surface area contributed by atoms with E-state index in [0.29, 0.717) is 12.8 Å². The highest BCUT2D eigenvalue weighted by atomic mass is 35.5. The highest BCUT2D eigenvalue weighted by Gasteiger charge is 2.38. The van der Waals surface area contributed by atoms with Crippen molar-refractivity contribution in [2.24, 2.45) is 0 Å². The molecule has 0 radical (unpaired) electrons. The Morgan fingerprint density at radius 2 is 1.95 bits per heavy atom. The van der Waals surface area contributed by atoms with Crippen molar-refractivity contribution < 1.29 is 23.4 Å². The van der Waals surface area contributed by atoms with Crippen LogP contribution in [0.4, 0.5) is 0 Å². The molecule has 1 aromatic rings. The van der Waals surface area contributed by atoms with E-state index in [2.05, 4.69) is 4.72 Å². The minimum absolute atomic E-state index is 0.0569. The average molecular weight is 334 g/mol. The summed E-state index contributed by atoms with van der Waals surface area (Å²) in [5, 5.41) is 18.4. The summed E-state index contributed by atoms with van der Waals surface area (Å²) < 4.78 is 27.4. The SMILES string of the molecule is O=C(O)c1ccc(Cl)c(S(=O)(=O)NC2(CO)CCCC2)c1. The first-order valence-electron chi connectivity index (χ1n) is 6.47. The van der Waals surface area contributed by atoms with E-state index < -0.39 is 21.5 Å². The van der Waals surface area contributed by atoms with Crippen LogP contribution in [-0.4, -0.2) is 36.7 Å². The Morgan fingerprint density at radius 3 is 2.48 bits per heavy atom. The zero-order chi connectivity index (χ0) is 15.7. The lowest BCUT2D eigenvalue weighted by Gasteiger charge is -2.27. The monoisotopic (exact) mass is 333 g/mol. The summed E-state index contributed by atoms with van der Waals surface area (Å²) in [5.41, 5.74) is -1.05. The van der Waals surface area contributed by atoms with Crippen LogP contribution in [0.3, 0.4) is 0 Å². The third kappa shape index (κ3) is 3.37. The van der Waals surface area contributed by atoms with Gasteiger partial charge in [-0.1, -0.05) is 24.4 Å². The lowest BCUT2D eigenvalue weighted by Crippen LogP contribution is -2.49. The Morgan fingerprint density at radius 1 is 1.33 bits per heavy atom. The van der Waals surface area contributed by atoms with Gasteiger partial charge in [0.1, 0.15) is 4.90 Å². The molecule has 116 valence electrons. The summed E-state index contributed by atoms with van der Waals surface area (Å²) in [4.78, 5) is 10.7. The van der Waals surface area contributed by atoms with Crippen LogP contribution in [0.5, 0.6) is 0 Å². The lowest BCUT2D eigenvalue weighted by molar-refractivity contribution is 0.0696. The molecule has 6 nitrogen and oxygen atoms in total. The highest BCUT2D eigenvalue weighted by molar-refractivity contribution is 7.89. The molecule has 1 aromatic carbocycles. The van der Waals surface area contributed by atoms with Gasteiger partial charge in [-0.3, -0.25) is 0 Å². The number of nitrogens with one attached hydrogen (secondary N) is 1. The van der Waals surface area contributed by atoms with E-state index in [9.17, 15) is 18.3 Å². The Balaban J connectivity index is 2.39. The molecule has 0 spiro atoms. The zero-order valence-electron chi connectivity index (χ0n) is 11.2. The maximum atomic E-state index is 12.4. The fourth-order valence-corrected chi connectivity index (χ4v) is 4.50. The van der Waals surface area contributed by atoms with Crippen LogP contribution in [0, 0.1) is 0 Å². The van der Waals surface area contributed by atoms with Crippen LogP contribution in [0.25, 0.3) is 0 Å². The number of halogens is 1. The van der Waals surface area contributed by atoms with E-state index in [-0.39, 0.29) is 22.1 Å². The molecule has 0 saturated heterocycles. The van der Waals surface area contributed by atoms with Gasteiger partial charge in [0, 0.05) is 0 Å². The Hall–Kier alpha value is -1.15. The molecular weight excluding hydrogens is 318 g/mol. The first-order chi connectivity index (χ1) is 9.80. The van der Waals surface area contributed by atoms with Gasteiger partial charge in [0.2, 0.25) is 10.0 Å². The Labute approximate surface area is 127 Å². The molecule has 0 atom stereocenters. The maximum Gasteiger partial charge on any atom is 0.335 e. The molecule has 1 fully saturated rings. The molecule has 0 bridgehead atoms. The topological polar surface area (TPSA) is 104 Å².